The molecular weight excluding hydrogens is 314 g/mol. The van der Waals surface area contributed by atoms with Gasteiger partial charge >= 0.3 is 0 Å². The first kappa shape index (κ1) is 14.8. The molecule has 0 aromatic carbocycles. The molecule has 3 rings (SSSR count). The highest BCUT2D eigenvalue weighted by molar-refractivity contribution is 7.91. The highest BCUT2D eigenvalue weighted by atomic mass is 35.5. The number of piperidine rings is 1. The lowest BCUT2D eigenvalue weighted by Crippen LogP contribution is -2.41. The molecule has 1 aromatic rings. The monoisotopic (exact) mass is 333 g/mol. The van der Waals surface area contributed by atoms with Crippen molar-refractivity contribution in [2.75, 3.05) is 13.1 Å². The van der Waals surface area contributed by atoms with Gasteiger partial charge in [0.1, 0.15) is 4.21 Å². The molecular formula is C14H20ClNO2S2. The van der Waals surface area contributed by atoms with Crippen LogP contribution < -0.4 is 0 Å². The molecule has 1 aliphatic carbocycles. The van der Waals surface area contributed by atoms with Crippen molar-refractivity contribution in [3.63, 3.8) is 0 Å². The molecule has 0 bridgehead atoms. The van der Waals surface area contributed by atoms with E-state index in [4.69, 9.17) is 11.6 Å². The number of hydrogen-bond donors (Lipinski definition) is 0. The predicted molar refractivity (Wildman–Crippen MR) is 82.8 cm³/mol. The van der Waals surface area contributed by atoms with E-state index in [0.29, 0.717) is 28.6 Å². The zero-order chi connectivity index (χ0) is 14.2. The van der Waals surface area contributed by atoms with E-state index in [9.17, 15) is 8.42 Å². The van der Waals surface area contributed by atoms with Crippen LogP contribution in [0.2, 0.25) is 0 Å². The Hall–Kier alpha value is -0.100. The van der Waals surface area contributed by atoms with Gasteiger partial charge in [0.2, 0.25) is 0 Å². The summed E-state index contributed by atoms with van der Waals surface area (Å²) in [6.45, 7) is 1.35. The first-order valence-corrected chi connectivity index (χ1v) is 10.0. The Balaban J connectivity index is 1.73. The molecule has 112 valence electrons. The Morgan fingerprint density at radius 2 is 1.85 bits per heavy atom. The van der Waals surface area contributed by atoms with Crippen molar-refractivity contribution in [2.45, 2.75) is 48.6 Å². The molecule has 1 spiro atoms. The van der Waals surface area contributed by atoms with Gasteiger partial charge in [0, 0.05) is 19.0 Å². The van der Waals surface area contributed by atoms with Crippen molar-refractivity contribution in [1.29, 1.82) is 0 Å². The van der Waals surface area contributed by atoms with Gasteiger partial charge in [-0.3, -0.25) is 0 Å². The number of alkyl halides is 1. The van der Waals surface area contributed by atoms with Crippen LogP contribution in [0, 0.1) is 5.41 Å². The SMILES string of the molecule is O=S(=O)(c1cc(CCl)cs1)N1CCC2(CCCC2)CC1. The lowest BCUT2D eigenvalue weighted by molar-refractivity contribution is 0.160. The lowest BCUT2D eigenvalue weighted by atomic mass is 9.78. The fraction of sp³-hybridized carbons (Fsp3) is 0.714. The van der Waals surface area contributed by atoms with E-state index >= 15 is 0 Å². The van der Waals surface area contributed by atoms with E-state index in [1.54, 1.807) is 10.4 Å². The third-order valence-corrected chi connectivity index (χ3v) is 8.50. The van der Waals surface area contributed by atoms with Crippen molar-refractivity contribution < 1.29 is 8.42 Å². The third-order valence-electron chi connectivity index (χ3n) is 4.83. The Labute approximate surface area is 130 Å². The van der Waals surface area contributed by atoms with E-state index in [2.05, 4.69) is 0 Å². The number of sulfonamides is 1. The molecule has 0 radical (unpaired) electrons. The average molecular weight is 334 g/mol. The van der Waals surface area contributed by atoms with Crippen molar-refractivity contribution in [3.05, 3.63) is 17.0 Å². The molecule has 0 unspecified atom stereocenters. The second-order valence-electron chi connectivity index (χ2n) is 6.02. The van der Waals surface area contributed by atoms with Gasteiger partial charge in [-0.15, -0.1) is 22.9 Å². The number of hydrogen-bond acceptors (Lipinski definition) is 3. The van der Waals surface area contributed by atoms with Gasteiger partial charge in [0.05, 0.1) is 0 Å². The highest BCUT2D eigenvalue weighted by Gasteiger charge is 2.40. The van der Waals surface area contributed by atoms with Gasteiger partial charge in [-0.2, -0.15) is 4.31 Å². The van der Waals surface area contributed by atoms with Crippen LogP contribution in [-0.4, -0.2) is 25.8 Å². The maximum Gasteiger partial charge on any atom is 0.252 e. The van der Waals surface area contributed by atoms with Gasteiger partial charge < -0.3 is 0 Å². The maximum atomic E-state index is 12.6. The molecule has 20 heavy (non-hydrogen) atoms. The Morgan fingerprint density at radius 1 is 1.20 bits per heavy atom. The Bertz CT molecular complexity index is 566. The second-order valence-corrected chi connectivity index (χ2v) is 9.36. The standard InChI is InChI=1S/C14H20ClNO2S2/c15-10-12-9-13(19-11-12)20(17,18)16-7-5-14(6-8-16)3-1-2-4-14/h9,11H,1-8,10H2. The summed E-state index contributed by atoms with van der Waals surface area (Å²) in [7, 11) is -3.30. The molecule has 1 aromatic heterocycles. The summed E-state index contributed by atoms with van der Waals surface area (Å²) >= 11 is 7.04. The Kier molecular flexibility index (Phi) is 4.15. The fourth-order valence-corrected chi connectivity index (χ4v) is 6.56. The number of rotatable bonds is 3. The van der Waals surface area contributed by atoms with Crippen LogP contribution in [-0.2, 0) is 15.9 Å². The van der Waals surface area contributed by atoms with Crippen molar-refractivity contribution in [3.8, 4) is 0 Å². The van der Waals surface area contributed by atoms with Crippen molar-refractivity contribution in [2.24, 2.45) is 5.41 Å². The molecule has 2 heterocycles. The predicted octanol–water partition coefficient (Wildman–Crippen LogP) is 3.83. The summed E-state index contributed by atoms with van der Waals surface area (Å²) in [4.78, 5) is 0. The van der Waals surface area contributed by atoms with Gasteiger partial charge in [-0.25, -0.2) is 8.42 Å². The topological polar surface area (TPSA) is 37.4 Å². The van der Waals surface area contributed by atoms with E-state index in [1.165, 1.54) is 37.0 Å². The van der Waals surface area contributed by atoms with E-state index in [0.717, 1.165) is 18.4 Å². The summed E-state index contributed by atoms with van der Waals surface area (Å²) in [6, 6.07) is 1.72. The summed E-state index contributed by atoms with van der Waals surface area (Å²) in [6.07, 6.45) is 7.26. The number of thiophene rings is 1. The zero-order valence-corrected chi connectivity index (χ0v) is 13.9. The summed E-state index contributed by atoms with van der Waals surface area (Å²) < 4.78 is 27.3. The molecule has 3 nitrogen and oxygen atoms in total. The second kappa shape index (κ2) is 5.59. The van der Waals surface area contributed by atoms with Gasteiger partial charge in [0.25, 0.3) is 10.0 Å². The molecule has 2 aliphatic rings. The average Bonchev–Trinajstić information content (AvgIpc) is 3.09. The van der Waals surface area contributed by atoms with Crippen LogP contribution in [0.25, 0.3) is 0 Å². The minimum Gasteiger partial charge on any atom is -0.206 e. The van der Waals surface area contributed by atoms with Crippen LogP contribution in [0.1, 0.15) is 44.1 Å². The molecule has 0 N–H and O–H groups in total. The lowest BCUT2D eigenvalue weighted by Gasteiger charge is -2.38. The van der Waals surface area contributed by atoms with Crippen LogP contribution in [0.4, 0.5) is 0 Å². The quantitative estimate of drug-likeness (QED) is 0.788. The molecule has 1 saturated heterocycles. The van der Waals surface area contributed by atoms with Crippen LogP contribution in [0.15, 0.2) is 15.7 Å². The highest BCUT2D eigenvalue weighted by Crippen LogP contribution is 2.46. The number of nitrogens with zero attached hydrogens (tertiary/aromatic N) is 1. The fourth-order valence-electron chi connectivity index (χ4n) is 3.51. The minimum atomic E-state index is -3.30. The molecule has 0 amide bonds. The van der Waals surface area contributed by atoms with Crippen molar-refractivity contribution in [1.82, 2.24) is 4.31 Å². The summed E-state index contributed by atoms with van der Waals surface area (Å²) in [5.41, 5.74) is 1.34. The first-order chi connectivity index (χ1) is 9.56. The molecule has 1 aliphatic heterocycles. The zero-order valence-electron chi connectivity index (χ0n) is 11.5. The molecule has 6 heteroatoms. The van der Waals surface area contributed by atoms with Gasteiger partial charge in [-0.05, 0) is 48.1 Å². The summed E-state index contributed by atoms with van der Waals surface area (Å²) in [5, 5.41) is 1.84. The van der Waals surface area contributed by atoms with E-state index in [1.807, 2.05) is 5.38 Å². The minimum absolute atomic E-state index is 0.370. The summed E-state index contributed by atoms with van der Waals surface area (Å²) in [5.74, 6) is 0.370. The van der Waals surface area contributed by atoms with Crippen LogP contribution >= 0.6 is 22.9 Å². The van der Waals surface area contributed by atoms with Crippen LogP contribution in [0.5, 0.6) is 0 Å². The van der Waals surface area contributed by atoms with Gasteiger partial charge in [0.15, 0.2) is 0 Å². The van der Waals surface area contributed by atoms with E-state index < -0.39 is 10.0 Å². The van der Waals surface area contributed by atoms with Gasteiger partial charge in [-0.1, -0.05) is 12.8 Å². The first-order valence-electron chi connectivity index (χ1n) is 7.19. The molecule has 2 fully saturated rings. The molecule has 0 atom stereocenters. The number of halogens is 1. The molecule has 1 saturated carbocycles. The van der Waals surface area contributed by atoms with Crippen molar-refractivity contribution >= 4 is 33.0 Å². The van der Waals surface area contributed by atoms with Crippen LogP contribution in [0.3, 0.4) is 0 Å². The maximum absolute atomic E-state index is 12.6. The largest absolute Gasteiger partial charge is 0.252 e. The third kappa shape index (κ3) is 2.65. The Morgan fingerprint density at radius 3 is 2.40 bits per heavy atom. The normalized spacial score (nSPS) is 23.4. The van der Waals surface area contributed by atoms with E-state index in [-0.39, 0.29) is 0 Å². The smallest absolute Gasteiger partial charge is 0.206 e.